The van der Waals surface area contributed by atoms with E-state index in [2.05, 4.69) is 25.9 Å². The summed E-state index contributed by atoms with van der Waals surface area (Å²) < 4.78 is 0. The summed E-state index contributed by atoms with van der Waals surface area (Å²) in [7, 11) is 0. The number of carbonyl (C=O) groups is 4. The summed E-state index contributed by atoms with van der Waals surface area (Å²) in [6.07, 6.45) is 2.96. The first kappa shape index (κ1) is 28.0. The number of aliphatic hydroxyl groups is 2. The van der Waals surface area contributed by atoms with Crippen molar-refractivity contribution >= 4 is 23.7 Å². The van der Waals surface area contributed by atoms with Crippen LogP contribution in [0.4, 0.5) is 0 Å². The Morgan fingerprint density at radius 3 is 2.24 bits per heavy atom. The summed E-state index contributed by atoms with van der Waals surface area (Å²) in [5, 5.41) is 35.0. The van der Waals surface area contributed by atoms with Crippen LogP contribution in [0.2, 0.25) is 0 Å². The second-order valence-electron chi connectivity index (χ2n) is 7.54. The fourth-order valence-electron chi connectivity index (χ4n) is 2.88. The Kier molecular flexibility index (Phi) is 12.0. The summed E-state index contributed by atoms with van der Waals surface area (Å²) in [5.74, 6) is -3.88. The zero-order chi connectivity index (χ0) is 25.0. The van der Waals surface area contributed by atoms with E-state index in [0.29, 0.717) is 25.1 Å². The lowest BCUT2D eigenvalue weighted by Gasteiger charge is -2.25. The highest BCUT2D eigenvalue weighted by Gasteiger charge is 2.31. The van der Waals surface area contributed by atoms with Crippen molar-refractivity contribution < 1.29 is 34.5 Å². The van der Waals surface area contributed by atoms with Crippen molar-refractivity contribution in [1.29, 1.82) is 0 Å². The number of hydrogen-bond donors (Lipinski definition) is 9. The quantitative estimate of drug-likeness (QED) is 0.113. The number of nitrogens with one attached hydrogen (secondary N) is 4. The van der Waals surface area contributed by atoms with Gasteiger partial charge in [0.2, 0.25) is 17.7 Å². The number of rotatable bonds is 15. The molecule has 0 saturated heterocycles. The predicted octanol–water partition coefficient (Wildman–Crippen LogP) is -3.68. The maximum atomic E-state index is 12.8. The molecule has 33 heavy (non-hydrogen) atoms. The minimum atomic E-state index is -1.64. The van der Waals surface area contributed by atoms with Crippen molar-refractivity contribution in [2.24, 2.45) is 11.5 Å². The van der Waals surface area contributed by atoms with Crippen LogP contribution in [0.1, 0.15) is 31.9 Å². The lowest BCUT2D eigenvalue weighted by atomic mass is 10.1. The maximum Gasteiger partial charge on any atom is 0.328 e. The number of carboxylic acids is 1. The van der Waals surface area contributed by atoms with Crippen LogP contribution < -0.4 is 27.4 Å². The molecule has 0 aliphatic carbocycles. The van der Waals surface area contributed by atoms with Crippen LogP contribution in [-0.4, -0.2) is 92.4 Å². The molecule has 14 nitrogen and oxygen atoms in total. The summed E-state index contributed by atoms with van der Waals surface area (Å²) >= 11 is 0. The van der Waals surface area contributed by atoms with Gasteiger partial charge < -0.3 is 47.7 Å². The number of carboxylic acid groups (broad SMARTS) is 1. The van der Waals surface area contributed by atoms with Crippen LogP contribution in [0, 0.1) is 0 Å². The molecule has 3 amide bonds. The second-order valence-corrected chi connectivity index (χ2v) is 7.54. The molecule has 14 heteroatoms. The van der Waals surface area contributed by atoms with E-state index < -0.39 is 60.6 Å². The fraction of sp³-hybridized carbons (Fsp3) is 0.632. The standard InChI is InChI=1S/C19H33N7O7/c1-10(28)15(19(32)33)26-18(31)14(8-27)25-17(30)13(4-2-3-5-20)24-16(29)12(21)6-11-7-22-9-23-11/h7,9-10,12-15,27-28H,2-6,8,20-21H2,1H3,(H,22,23)(H,24,29)(H,25,30)(H,26,31)(H,32,33). The molecule has 1 aromatic heterocycles. The van der Waals surface area contributed by atoms with Gasteiger partial charge in [0.05, 0.1) is 25.1 Å². The Labute approximate surface area is 190 Å². The predicted molar refractivity (Wildman–Crippen MR) is 115 cm³/mol. The Morgan fingerprint density at radius 1 is 1.09 bits per heavy atom. The molecule has 186 valence electrons. The minimum Gasteiger partial charge on any atom is -0.480 e. The summed E-state index contributed by atoms with van der Waals surface area (Å²) in [4.78, 5) is 55.4. The normalized spacial score (nSPS) is 15.5. The van der Waals surface area contributed by atoms with Crippen molar-refractivity contribution in [3.63, 3.8) is 0 Å². The van der Waals surface area contributed by atoms with Crippen LogP contribution in [0.3, 0.4) is 0 Å². The molecule has 1 aromatic rings. The van der Waals surface area contributed by atoms with Crippen LogP contribution in [0.25, 0.3) is 0 Å². The molecule has 0 aliphatic rings. The van der Waals surface area contributed by atoms with E-state index >= 15 is 0 Å². The first-order valence-electron chi connectivity index (χ1n) is 10.5. The van der Waals surface area contributed by atoms with Gasteiger partial charge in [-0.1, -0.05) is 0 Å². The number of carbonyl (C=O) groups excluding carboxylic acids is 3. The molecule has 0 aromatic carbocycles. The average molecular weight is 472 g/mol. The number of aliphatic hydroxyl groups excluding tert-OH is 2. The van der Waals surface area contributed by atoms with Gasteiger partial charge in [-0.3, -0.25) is 14.4 Å². The summed E-state index contributed by atoms with van der Waals surface area (Å²) in [5.41, 5.74) is 12.0. The van der Waals surface area contributed by atoms with Gasteiger partial charge >= 0.3 is 5.97 Å². The van der Waals surface area contributed by atoms with Crippen molar-refractivity contribution in [2.45, 2.75) is 62.9 Å². The number of imidazole rings is 1. The Bertz CT molecular complexity index is 773. The molecular weight excluding hydrogens is 438 g/mol. The van der Waals surface area contributed by atoms with E-state index in [1.165, 1.54) is 19.4 Å². The molecule has 5 unspecified atom stereocenters. The zero-order valence-electron chi connectivity index (χ0n) is 18.4. The Hall–Kier alpha value is -3.07. The van der Waals surface area contributed by atoms with Crippen molar-refractivity contribution in [1.82, 2.24) is 25.9 Å². The highest BCUT2D eigenvalue weighted by Crippen LogP contribution is 2.04. The topological polar surface area (TPSA) is 246 Å². The highest BCUT2D eigenvalue weighted by molar-refractivity contribution is 5.94. The zero-order valence-corrected chi connectivity index (χ0v) is 18.4. The molecule has 0 fully saturated rings. The smallest absolute Gasteiger partial charge is 0.328 e. The lowest BCUT2D eigenvalue weighted by molar-refractivity contribution is -0.145. The third-order valence-corrected chi connectivity index (χ3v) is 4.77. The fourth-order valence-corrected chi connectivity index (χ4v) is 2.88. The molecule has 0 spiro atoms. The summed E-state index contributed by atoms with van der Waals surface area (Å²) in [6.45, 7) is 0.701. The van der Waals surface area contributed by atoms with E-state index in [1.54, 1.807) is 0 Å². The number of nitrogens with two attached hydrogens (primary N) is 2. The number of nitrogens with zero attached hydrogens (tertiary/aromatic N) is 1. The molecule has 0 radical (unpaired) electrons. The van der Waals surface area contributed by atoms with Crippen LogP contribution in [-0.2, 0) is 25.6 Å². The number of hydrogen-bond acceptors (Lipinski definition) is 9. The van der Waals surface area contributed by atoms with Gasteiger partial charge in [0.1, 0.15) is 12.1 Å². The van der Waals surface area contributed by atoms with E-state index in [9.17, 15) is 29.4 Å². The largest absolute Gasteiger partial charge is 0.480 e. The van der Waals surface area contributed by atoms with Gasteiger partial charge in [-0.25, -0.2) is 9.78 Å². The lowest BCUT2D eigenvalue weighted by Crippen LogP contribution is -2.59. The van der Waals surface area contributed by atoms with E-state index in [1.807, 2.05) is 0 Å². The number of aliphatic carboxylic acids is 1. The van der Waals surface area contributed by atoms with Gasteiger partial charge in [0.15, 0.2) is 6.04 Å². The van der Waals surface area contributed by atoms with E-state index in [4.69, 9.17) is 16.6 Å². The van der Waals surface area contributed by atoms with Gasteiger partial charge in [-0.15, -0.1) is 0 Å². The average Bonchev–Trinajstić information content (AvgIpc) is 3.27. The number of aromatic amines is 1. The SMILES string of the molecule is CC(O)C(NC(=O)C(CO)NC(=O)C(CCCCN)NC(=O)C(N)Cc1cnc[nH]1)C(=O)O. The van der Waals surface area contributed by atoms with Crippen molar-refractivity contribution in [3.8, 4) is 0 Å². The van der Waals surface area contributed by atoms with Gasteiger partial charge in [0.25, 0.3) is 0 Å². The third kappa shape index (κ3) is 9.53. The third-order valence-electron chi connectivity index (χ3n) is 4.77. The molecular formula is C19H33N7O7. The van der Waals surface area contributed by atoms with E-state index in [-0.39, 0.29) is 12.8 Å². The van der Waals surface area contributed by atoms with Crippen LogP contribution in [0.5, 0.6) is 0 Å². The number of H-pyrrole nitrogens is 1. The minimum absolute atomic E-state index is 0.153. The van der Waals surface area contributed by atoms with E-state index in [0.717, 1.165) is 0 Å². The molecule has 5 atom stereocenters. The first-order chi connectivity index (χ1) is 15.6. The Morgan fingerprint density at radius 2 is 1.73 bits per heavy atom. The Balaban J connectivity index is 2.82. The second kappa shape index (κ2) is 14.2. The molecule has 11 N–H and O–H groups in total. The van der Waals surface area contributed by atoms with Crippen molar-refractivity contribution in [2.75, 3.05) is 13.2 Å². The summed E-state index contributed by atoms with van der Waals surface area (Å²) in [6, 6.07) is -5.20. The maximum absolute atomic E-state index is 12.8. The molecule has 0 aliphatic heterocycles. The number of aromatic nitrogens is 2. The van der Waals surface area contributed by atoms with Crippen molar-refractivity contribution in [3.05, 3.63) is 18.2 Å². The molecule has 1 rings (SSSR count). The van der Waals surface area contributed by atoms with Gasteiger partial charge in [0, 0.05) is 18.3 Å². The van der Waals surface area contributed by atoms with Crippen LogP contribution in [0.15, 0.2) is 12.5 Å². The highest BCUT2D eigenvalue weighted by atomic mass is 16.4. The van der Waals surface area contributed by atoms with Crippen LogP contribution >= 0.6 is 0 Å². The van der Waals surface area contributed by atoms with Gasteiger partial charge in [-0.05, 0) is 32.7 Å². The monoisotopic (exact) mass is 471 g/mol. The molecule has 0 saturated carbocycles. The first-order valence-corrected chi connectivity index (χ1v) is 10.5. The molecule has 1 heterocycles. The number of amides is 3. The van der Waals surface area contributed by atoms with Gasteiger partial charge in [-0.2, -0.15) is 0 Å². The number of unbranched alkanes of at least 4 members (excludes halogenated alkanes) is 1. The molecule has 0 bridgehead atoms.